The zero-order chi connectivity index (χ0) is 18.4. The minimum absolute atomic E-state index is 0.239. The number of aliphatic hydroxyl groups is 1. The molecule has 2 aromatic rings. The molecule has 142 valence electrons. The highest BCUT2D eigenvalue weighted by Gasteiger charge is 2.26. The topological polar surface area (TPSA) is 107 Å². The normalized spacial score (nSPS) is 24.6. The van der Waals surface area contributed by atoms with Crippen molar-refractivity contribution in [1.82, 2.24) is 25.2 Å². The van der Waals surface area contributed by atoms with E-state index in [0.717, 1.165) is 49.0 Å². The summed E-state index contributed by atoms with van der Waals surface area (Å²) in [5, 5.41) is 23.5. The van der Waals surface area contributed by atoms with Gasteiger partial charge in [0.05, 0.1) is 6.20 Å². The van der Waals surface area contributed by atoms with Crippen molar-refractivity contribution in [2.24, 2.45) is 0 Å². The molecule has 0 bridgehead atoms. The lowest BCUT2D eigenvalue weighted by Crippen LogP contribution is -2.44. The second-order valence-electron chi connectivity index (χ2n) is 7.35. The van der Waals surface area contributed by atoms with Gasteiger partial charge in [-0.05, 0) is 18.9 Å². The second kappa shape index (κ2) is 6.50. The van der Waals surface area contributed by atoms with E-state index in [1.54, 1.807) is 16.8 Å². The average Bonchev–Trinajstić information content (AvgIpc) is 3.31. The minimum Gasteiger partial charge on any atom is -0.373 e. The highest BCUT2D eigenvalue weighted by molar-refractivity contribution is 6.00. The van der Waals surface area contributed by atoms with Crippen LogP contribution in [0.5, 0.6) is 0 Å². The van der Waals surface area contributed by atoms with Crippen molar-refractivity contribution in [2.45, 2.75) is 31.5 Å². The van der Waals surface area contributed by atoms with E-state index in [1.807, 2.05) is 0 Å². The molecule has 2 aromatic heterocycles. The van der Waals surface area contributed by atoms with Crippen LogP contribution >= 0.6 is 0 Å². The van der Waals surface area contributed by atoms with E-state index in [-0.39, 0.29) is 5.91 Å². The smallest absolute Gasteiger partial charge is 0.249 e. The minimum atomic E-state index is -0.818. The number of aliphatic hydroxyl groups excluding tert-OH is 1. The number of hydrogen-bond donors (Lipinski definition) is 4. The Bertz CT molecular complexity index is 912. The largest absolute Gasteiger partial charge is 0.373 e. The summed E-state index contributed by atoms with van der Waals surface area (Å²) in [7, 11) is 0. The van der Waals surface area contributed by atoms with Gasteiger partial charge in [-0.3, -0.25) is 4.79 Å². The SMILES string of the molecule is O=C1NC(O)C/C1=C\c1cnn2c(NC3CC3)cc(N3CCNCC3)nc12. The molecule has 9 nitrogen and oxygen atoms in total. The molecule has 3 aliphatic rings. The molecule has 9 heteroatoms. The van der Waals surface area contributed by atoms with Crippen molar-refractivity contribution >= 4 is 29.3 Å². The van der Waals surface area contributed by atoms with Crippen molar-refractivity contribution < 1.29 is 9.90 Å². The number of aromatic nitrogens is 3. The number of piperazine rings is 1. The lowest BCUT2D eigenvalue weighted by atomic mass is 10.1. The van der Waals surface area contributed by atoms with E-state index < -0.39 is 6.23 Å². The van der Waals surface area contributed by atoms with Crippen LogP contribution < -0.4 is 20.9 Å². The molecule has 1 saturated carbocycles. The van der Waals surface area contributed by atoms with Gasteiger partial charge in [0.15, 0.2) is 5.65 Å². The van der Waals surface area contributed by atoms with Crippen molar-refractivity contribution in [1.29, 1.82) is 0 Å². The van der Waals surface area contributed by atoms with Gasteiger partial charge in [-0.25, -0.2) is 4.98 Å². The Labute approximate surface area is 156 Å². The molecule has 4 N–H and O–H groups in total. The summed E-state index contributed by atoms with van der Waals surface area (Å²) in [6.07, 6.45) is 5.32. The summed E-state index contributed by atoms with van der Waals surface area (Å²) in [5.74, 6) is 1.61. The predicted molar refractivity (Wildman–Crippen MR) is 101 cm³/mol. The van der Waals surface area contributed by atoms with E-state index in [2.05, 4.69) is 32.0 Å². The molecule has 1 atom stereocenters. The first-order valence-electron chi connectivity index (χ1n) is 9.48. The molecule has 1 amide bonds. The van der Waals surface area contributed by atoms with Gasteiger partial charge in [0.25, 0.3) is 0 Å². The highest BCUT2D eigenvalue weighted by atomic mass is 16.3. The predicted octanol–water partition coefficient (Wildman–Crippen LogP) is -0.0651. The van der Waals surface area contributed by atoms with Crippen LogP contribution in [0.1, 0.15) is 24.8 Å². The Hall–Kier alpha value is -2.65. The monoisotopic (exact) mass is 369 g/mol. The first kappa shape index (κ1) is 16.5. The fraction of sp³-hybridized carbons (Fsp3) is 0.500. The first-order valence-corrected chi connectivity index (χ1v) is 9.48. The Morgan fingerprint density at radius 3 is 2.81 bits per heavy atom. The van der Waals surface area contributed by atoms with Crippen LogP contribution in [0.4, 0.5) is 11.6 Å². The number of fused-ring (bicyclic) bond motifs is 1. The molecule has 1 unspecified atom stereocenters. The summed E-state index contributed by atoms with van der Waals surface area (Å²) in [4.78, 5) is 19.1. The molecule has 2 saturated heterocycles. The van der Waals surface area contributed by atoms with E-state index in [9.17, 15) is 9.90 Å². The van der Waals surface area contributed by atoms with Crippen LogP contribution in [0.25, 0.3) is 11.7 Å². The van der Waals surface area contributed by atoms with Gasteiger partial charge in [0.1, 0.15) is 17.9 Å². The van der Waals surface area contributed by atoms with Gasteiger partial charge in [-0.1, -0.05) is 0 Å². The molecule has 5 rings (SSSR count). The number of rotatable bonds is 4. The average molecular weight is 369 g/mol. The lowest BCUT2D eigenvalue weighted by Gasteiger charge is -2.28. The van der Waals surface area contributed by atoms with Crippen molar-refractivity contribution in [3.8, 4) is 0 Å². The summed E-state index contributed by atoms with van der Waals surface area (Å²) >= 11 is 0. The van der Waals surface area contributed by atoms with Crippen LogP contribution in [0.2, 0.25) is 0 Å². The van der Waals surface area contributed by atoms with Crippen LogP contribution in [0, 0.1) is 0 Å². The molecule has 4 heterocycles. The lowest BCUT2D eigenvalue weighted by molar-refractivity contribution is -0.117. The maximum atomic E-state index is 12.0. The first-order chi connectivity index (χ1) is 13.2. The number of carbonyl (C=O) groups is 1. The van der Waals surface area contributed by atoms with Crippen molar-refractivity contribution in [2.75, 3.05) is 36.4 Å². The van der Waals surface area contributed by atoms with E-state index in [1.165, 1.54) is 12.8 Å². The molecule has 0 aromatic carbocycles. The van der Waals surface area contributed by atoms with Crippen LogP contribution in [-0.4, -0.2) is 64.1 Å². The molecule has 27 heavy (non-hydrogen) atoms. The van der Waals surface area contributed by atoms with Crippen molar-refractivity contribution in [3.63, 3.8) is 0 Å². The standard InChI is InChI=1S/C18H23N7O2/c26-16-8-11(18(27)23-16)7-12-10-20-25-15(21-13-1-2-13)9-14(22-17(12)25)24-5-3-19-4-6-24/h7,9-10,13,16,19,21,26H,1-6,8H2,(H,23,27)/b11-7+. The third-order valence-electron chi connectivity index (χ3n) is 5.19. The van der Waals surface area contributed by atoms with Gasteiger partial charge in [-0.2, -0.15) is 9.61 Å². The fourth-order valence-corrected chi connectivity index (χ4v) is 3.57. The zero-order valence-electron chi connectivity index (χ0n) is 15.0. The quantitative estimate of drug-likeness (QED) is 0.559. The zero-order valence-corrected chi connectivity index (χ0v) is 15.0. The van der Waals surface area contributed by atoms with Crippen LogP contribution in [0.3, 0.4) is 0 Å². The maximum absolute atomic E-state index is 12.0. The number of nitrogens with zero attached hydrogens (tertiary/aromatic N) is 4. The third kappa shape index (κ3) is 3.24. The third-order valence-corrected chi connectivity index (χ3v) is 5.19. The van der Waals surface area contributed by atoms with E-state index >= 15 is 0 Å². The number of hydrogen-bond acceptors (Lipinski definition) is 7. The molecule has 2 aliphatic heterocycles. The van der Waals surface area contributed by atoms with E-state index in [4.69, 9.17) is 4.98 Å². The number of amides is 1. The summed E-state index contributed by atoms with van der Waals surface area (Å²) in [6.45, 7) is 3.69. The van der Waals surface area contributed by atoms with Gasteiger partial charge < -0.3 is 26.0 Å². The molecule has 0 radical (unpaired) electrons. The van der Waals surface area contributed by atoms with Gasteiger partial charge >= 0.3 is 0 Å². The van der Waals surface area contributed by atoms with Crippen LogP contribution in [-0.2, 0) is 4.79 Å². The molecular weight excluding hydrogens is 346 g/mol. The van der Waals surface area contributed by atoms with E-state index in [0.29, 0.717) is 18.0 Å². The molecule has 0 spiro atoms. The molecule has 1 aliphatic carbocycles. The summed E-state index contributed by atoms with van der Waals surface area (Å²) in [6, 6.07) is 2.56. The number of anilines is 2. The van der Waals surface area contributed by atoms with Gasteiger partial charge in [0, 0.05) is 55.8 Å². The molecule has 3 fully saturated rings. The summed E-state index contributed by atoms with van der Waals surface area (Å²) < 4.78 is 1.81. The highest BCUT2D eigenvalue weighted by Crippen LogP contribution is 2.29. The van der Waals surface area contributed by atoms with Crippen molar-refractivity contribution in [3.05, 3.63) is 23.4 Å². The second-order valence-corrected chi connectivity index (χ2v) is 7.35. The Morgan fingerprint density at radius 2 is 2.11 bits per heavy atom. The van der Waals surface area contributed by atoms with Gasteiger partial charge in [-0.15, -0.1) is 0 Å². The maximum Gasteiger partial charge on any atom is 0.249 e. The Kier molecular flexibility index (Phi) is 3.98. The van der Waals surface area contributed by atoms with Gasteiger partial charge in [0.2, 0.25) is 5.91 Å². The fourth-order valence-electron chi connectivity index (χ4n) is 3.57. The van der Waals surface area contributed by atoms with Crippen LogP contribution in [0.15, 0.2) is 17.8 Å². The Balaban J connectivity index is 1.58. The molecular formula is C18H23N7O2. The number of carbonyl (C=O) groups excluding carboxylic acids is 1. The number of nitrogens with one attached hydrogen (secondary N) is 3. The Morgan fingerprint density at radius 1 is 1.30 bits per heavy atom. The summed E-state index contributed by atoms with van der Waals surface area (Å²) in [5.41, 5.74) is 2.05.